The van der Waals surface area contributed by atoms with Crippen LogP contribution in [0.5, 0.6) is 0 Å². The topological polar surface area (TPSA) is 49.4 Å². The number of benzene rings is 3. The fourth-order valence-electron chi connectivity index (χ4n) is 3.91. The monoisotopic (exact) mass is 522 g/mol. The summed E-state index contributed by atoms with van der Waals surface area (Å²) in [6.07, 6.45) is 0.776. The molecule has 0 saturated heterocycles. The lowest BCUT2D eigenvalue weighted by molar-refractivity contribution is -0.141. The van der Waals surface area contributed by atoms with E-state index in [-0.39, 0.29) is 11.8 Å². The molecular weight excluding hydrogens is 488 g/mol. The summed E-state index contributed by atoms with van der Waals surface area (Å²) in [6, 6.07) is 24.9. The van der Waals surface area contributed by atoms with Crippen LogP contribution in [0, 0.1) is 6.92 Å². The molecule has 190 valence electrons. The van der Waals surface area contributed by atoms with Crippen LogP contribution < -0.4 is 5.32 Å². The van der Waals surface area contributed by atoms with Gasteiger partial charge in [0, 0.05) is 40.6 Å². The van der Waals surface area contributed by atoms with E-state index in [1.165, 1.54) is 0 Å². The molecule has 0 fully saturated rings. The molecule has 0 aliphatic rings. The minimum absolute atomic E-state index is 0.0373. The smallest absolute Gasteiger partial charge is 0.243 e. The highest BCUT2D eigenvalue weighted by molar-refractivity contribution is 7.99. The molecule has 0 aromatic heterocycles. The first-order chi connectivity index (χ1) is 17.1. The van der Waals surface area contributed by atoms with E-state index in [0.717, 1.165) is 21.6 Å². The van der Waals surface area contributed by atoms with E-state index in [0.29, 0.717) is 30.2 Å². The minimum atomic E-state index is -0.626. The molecule has 3 rings (SSSR count). The van der Waals surface area contributed by atoms with Crippen LogP contribution in [0.2, 0.25) is 5.02 Å². The zero-order valence-electron chi connectivity index (χ0n) is 21.5. The van der Waals surface area contributed by atoms with Crippen molar-refractivity contribution in [3.63, 3.8) is 0 Å². The van der Waals surface area contributed by atoms with Crippen LogP contribution in [0.15, 0.2) is 83.8 Å². The van der Waals surface area contributed by atoms with E-state index < -0.39 is 11.6 Å². The van der Waals surface area contributed by atoms with Gasteiger partial charge in [0.05, 0.1) is 0 Å². The Bertz CT molecular complexity index is 1140. The van der Waals surface area contributed by atoms with Crippen LogP contribution in [0.1, 0.15) is 43.9 Å². The van der Waals surface area contributed by atoms with Gasteiger partial charge in [-0.15, -0.1) is 11.8 Å². The second kappa shape index (κ2) is 13.0. The molecule has 3 aromatic rings. The maximum absolute atomic E-state index is 13.7. The predicted octanol–water partition coefficient (Wildman–Crippen LogP) is 6.69. The average Bonchev–Trinajstić information content (AvgIpc) is 2.83. The Morgan fingerprint density at radius 3 is 2.22 bits per heavy atom. The molecule has 1 unspecified atom stereocenters. The third-order valence-electron chi connectivity index (χ3n) is 5.77. The van der Waals surface area contributed by atoms with E-state index in [1.54, 1.807) is 16.7 Å². The Labute approximate surface area is 224 Å². The van der Waals surface area contributed by atoms with Crippen molar-refractivity contribution >= 4 is 35.2 Å². The maximum atomic E-state index is 13.7. The molecule has 0 bridgehead atoms. The quantitative estimate of drug-likeness (QED) is 0.302. The second-order valence-corrected chi connectivity index (χ2v) is 11.6. The van der Waals surface area contributed by atoms with Gasteiger partial charge in [-0.05, 0) is 68.7 Å². The molecule has 6 heteroatoms. The average molecular weight is 523 g/mol. The molecule has 3 aromatic carbocycles. The highest BCUT2D eigenvalue weighted by Gasteiger charge is 2.32. The van der Waals surface area contributed by atoms with Crippen LogP contribution >= 0.6 is 23.4 Å². The van der Waals surface area contributed by atoms with Gasteiger partial charge in [0.15, 0.2) is 0 Å². The third kappa shape index (κ3) is 8.72. The first-order valence-corrected chi connectivity index (χ1v) is 13.6. The van der Waals surface area contributed by atoms with Gasteiger partial charge in [0.1, 0.15) is 6.04 Å². The number of carbonyl (C=O) groups is 2. The summed E-state index contributed by atoms with van der Waals surface area (Å²) in [5.74, 6) is 0.437. The number of hydrogen-bond donors (Lipinski definition) is 1. The molecule has 1 N–H and O–H groups in total. The van der Waals surface area contributed by atoms with E-state index in [9.17, 15) is 9.59 Å². The molecule has 2 amide bonds. The number of aryl methyl sites for hydroxylation is 1. The molecule has 4 nitrogen and oxygen atoms in total. The Balaban J connectivity index is 1.87. The number of carbonyl (C=O) groups excluding carboxylic acids is 2. The summed E-state index contributed by atoms with van der Waals surface area (Å²) in [4.78, 5) is 30.1. The van der Waals surface area contributed by atoms with Crippen molar-refractivity contribution in [1.82, 2.24) is 10.2 Å². The van der Waals surface area contributed by atoms with Gasteiger partial charge in [-0.3, -0.25) is 9.59 Å². The second-order valence-electron chi connectivity index (χ2n) is 9.95. The van der Waals surface area contributed by atoms with E-state index in [4.69, 9.17) is 11.6 Å². The van der Waals surface area contributed by atoms with Gasteiger partial charge in [-0.25, -0.2) is 0 Å². The molecule has 0 aliphatic heterocycles. The summed E-state index contributed by atoms with van der Waals surface area (Å²) in [5, 5.41) is 3.80. The number of nitrogens with one attached hydrogen (secondary N) is 1. The van der Waals surface area contributed by atoms with Crippen LogP contribution in [0.4, 0.5) is 0 Å². The van der Waals surface area contributed by atoms with E-state index in [2.05, 4.69) is 5.32 Å². The standard InChI is InChI=1S/C30H35ClN2O2S/c1-22-10-8-9-13-24(22)21-33(28(34)18-19-36-26-16-14-25(31)15-17-26)27(29(35)32-30(2,3)4)20-23-11-6-5-7-12-23/h5-17,27H,18-21H2,1-4H3,(H,32,35). The Kier molecular flexibility index (Phi) is 10.0. The van der Waals surface area contributed by atoms with Crippen molar-refractivity contribution in [3.05, 3.63) is 101 Å². The fraction of sp³-hybridized carbons (Fsp3) is 0.333. The molecular formula is C30H35ClN2O2S. The van der Waals surface area contributed by atoms with Crippen LogP contribution in [-0.4, -0.2) is 34.0 Å². The van der Waals surface area contributed by atoms with Crippen molar-refractivity contribution in [1.29, 1.82) is 0 Å². The Morgan fingerprint density at radius 1 is 0.944 bits per heavy atom. The number of halogens is 1. The molecule has 1 atom stereocenters. The van der Waals surface area contributed by atoms with Crippen molar-refractivity contribution in [2.75, 3.05) is 5.75 Å². The normalized spacial score (nSPS) is 12.1. The maximum Gasteiger partial charge on any atom is 0.243 e. The Morgan fingerprint density at radius 2 is 1.58 bits per heavy atom. The highest BCUT2D eigenvalue weighted by atomic mass is 35.5. The van der Waals surface area contributed by atoms with Gasteiger partial charge in [-0.2, -0.15) is 0 Å². The zero-order chi connectivity index (χ0) is 26.1. The van der Waals surface area contributed by atoms with E-state index >= 15 is 0 Å². The van der Waals surface area contributed by atoms with Crippen LogP contribution in [0.3, 0.4) is 0 Å². The van der Waals surface area contributed by atoms with Crippen molar-refractivity contribution in [2.24, 2.45) is 0 Å². The van der Waals surface area contributed by atoms with Gasteiger partial charge >= 0.3 is 0 Å². The largest absolute Gasteiger partial charge is 0.350 e. The van der Waals surface area contributed by atoms with Crippen LogP contribution in [0.25, 0.3) is 0 Å². The number of hydrogen-bond acceptors (Lipinski definition) is 3. The van der Waals surface area contributed by atoms with Gasteiger partial charge < -0.3 is 10.2 Å². The molecule has 0 heterocycles. The lowest BCUT2D eigenvalue weighted by Gasteiger charge is -2.34. The lowest BCUT2D eigenvalue weighted by atomic mass is 9.99. The van der Waals surface area contributed by atoms with Gasteiger partial charge in [0.25, 0.3) is 0 Å². The summed E-state index contributed by atoms with van der Waals surface area (Å²) in [6.45, 7) is 8.30. The number of rotatable bonds is 10. The van der Waals surface area contributed by atoms with Gasteiger partial charge in [-0.1, -0.05) is 66.2 Å². The summed E-state index contributed by atoms with van der Waals surface area (Å²) < 4.78 is 0. The molecule has 36 heavy (non-hydrogen) atoms. The first kappa shape index (κ1) is 27.8. The number of nitrogens with zero attached hydrogens (tertiary/aromatic N) is 1. The van der Waals surface area contributed by atoms with Crippen LogP contribution in [-0.2, 0) is 22.6 Å². The molecule has 0 saturated carbocycles. The molecule has 0 aliphatic carbocycles. The minimum Gasteiger partial charge on any atom is -0.350 e. The fourth-order valence-corrected chi connectivity index (χ4v) is 4.88. The van der Waals surface area contributed by atoms with Gasteiger partial charge in [0.2, 0.25) is 11.8 Å². The SMILES string of the molecule is Cc1ccccc1CN(C(=O)CCSc1ccc(Cl)cc1)C(Cc1ccccc1)C(=O)NC(C)(C)C. The van der Waals surface area contributed by atoms with Crippen molar-refractivity contribution in [2.45, 2.75) is 63.6 Å². The number of thioether (sulfide) groups is 1. The molecule has 0 radical (unpaired) electrons. The summed E-state index contributed by atoms with van der Waals surface area (Å²) in [5.41, 5.74) is 2.75. The Hall–Kier alpha value is -2.76. The van der Waals surface area contributed by atoms with Crippen molar-refractivity contribution < 1.29 is 9.59 Å². The molecule has 0 spiro atoms. The number of amides is 2. The zero-order valence-corrected chi connectivity index (χ0v) is 23.0. The van der Waals surface area contributed by atoms with E-state index in [1.807, 2.05) is 107 Å². The van der Waals surface area contributed by atoms with Crippen molar-refractivity contribution in [3.8, 4) is 0 Å². The third-order valence-corrected chi connectivity index (χ3v) is 7.04. The predicted molar refractivity (Wildman–Crippen MR) is 150 cm³/mol. The highest BCUT2D eigenvalue weighted by Crippen LogP contribution is 2.23. The summed E-state index contributed by atoms with van der Waals surface area (Å²) >= 11 is 7.61. The lowest BCUT2D eigenvalue weighted by Crippen LogP contribution is -2.54. The first-order valence-electron chi connectivity index (χ1n) is 12.2. The summed E-state index contributed by atoms with van der Waals surface area (Å²) in [7, 11) is 0.